The minimum absolute atomic E-state index is 0.130. The normalized spacial score (nSPS) is 14.0. The van der Waals surface area contributed by atoms with Crippen LogP contribution in [0.15, 0.2) is 72.8 Å². The minimum atomic E-state index is 0.130. The fourth-order valence-electron chi connectivity index (χ4n) is 4.98. The van der Waals surface area contributed by atoms with Crippen LogP contribution in [0, 0.1) is 5.92 Å². The van der Waals surface area contributed by atoms with Gasteiger partial charge in [0, 0.05) is 38.1 Å². The van der Waals surface area contributed by atoms with E-state index in [1.807, 2.05) is 11.9 Å². The molecule has 1 N–H and O–H groups in total. The number of rotatable bonds is 10. The van der Waals surface area contributed by atoms with Gasteiger partial charge in [-0.3, -0.25) is 4.79 Å². The van der Waals surface area contributed by atoms with Crippen molar-refractivity contribution in [1.29, 1.82) is 0 Å². The second-order valence-corrected chi connectivity index (χ2v) is 9.55. The van der Waals surface area contributed by atoms with Gasteiger partial charge in [0.2, 0.25) is 5.91 Å². The standard InChI is InChI=1S/C31H38N2O2/c1-32-29-19-17-27(18-20-29)26-15-13-25(14-16-26)23-33(31(34)28-10-4-3-5-11-28)30-12-6-8-24(22-30)9-7-21-35-2/h6,8,12-20,22,28,32H,3-5,7,9-11,21,23H2,1-2H3. The number of hydrogen-bond acceptors (Lipinski definition) is 3. The number of methoxy groups -OCH3 is 1. The van der Waals surface area contributed by atoms with Crippen molar-refractivity contribution in [2.75, 3.05) is 31.0 Å². The average Bonchev–Trinajstić information content (AvgIpc) is 2.92. The van der Waals surface area contributed by atoms with E-state index in [9.17, 15) is 4.79 Å². The first kappa shape index (κ1) is 25.0. The van der Waals surface area contributed by atoms with Gasteiger partial charge in [0.15, 0.2) is 0 Å². The van der Waals surface area contributed by atoms with Crippen molar-refractivity contribution in [2.45, 2.75) is 51.5 Å². The highest BCUT2D eigenvalue weighted by molar-refractivity contribution is 5.95. The molecule has 4 heteroatoms. The average molecular weight is 471 g/mol. The maximum atomic E-state index is 13.7. The van der Waals surface area contributed by atoms with Crippen LogP contribution in [-0.4, -0.2) is 26.7 Å². The van der Waals surface area contributed by atoms with E-state index < -0.39 is 0 Å². The molecule has 0 radical (unpaired) electrons. The molecule has 0 saturated heterocycles. The monoisotopic (exact) mass is 470 g/mol. The van der Waals surface area contributed by atoms with Crippen LogP contribution in [0.25, 0.3) is 11.1 Å². The number of nitrogens with one attached hydrogen (secondary N) is 1. The van der Waals surface area contributed by atoms with Crippen molar-refractivity contribution in [3.63, 3.8) is 0 Å². The Kier molecular flexibility index (Phi) is 8.96. The second kappa shape index (κ2) is 12.6. The summed E-state index contributed by atoms with van der Waals surface area (Å²) < 4.78 is 5.22. The largest absolute Gasteiger partial charge is 0.388 e. The van der Waals surface area contributed by atoms with Crippen LogP contribution >= 0.6 is 0 Å². The molecule has 1 fully saturated rings. The van der Waals surface area contributed by atoms with Crippen LogP contribution in [-0.2, 0) is 22.5 Å². The Balaban J connectivity index is 1.55. The fraction of sp³-hybridized carbons (Fsp3) is 0.387. The van der Waals surface area contributed by atoms with E-state index in [-0.39, 0.29) is 11.8 Å². The molecule has 1 saturated carbocycles. The molecule has 35 heavy (non-hydrogen) atoms. The van der Waals surface area contributed by atoms with Gasteiger partial charge < -0.3 is 15.0 Å². The summed E-state index contributed by atoms with van der Waals surface area (Å²) in [6.45, 7) is 1.34. The molecule has 0 unspecified atom stereocenters. The summed E-state index contributed by atoms with van der Waals surface area (Å²) in [4.78, 5) is 15.7. The highest BCUT2D eigenvalue weighted by Crippen LogP contribution is 2.30. The van der Waals surface area contributed by atoms with Crippen molar-refractivity contribution in [1.82, 2.24) is 0 Å². The molecular formula is C31H38N2O2. The van der Waals surface area contributed by atoms with Crippen molar-refractivity contribution in [3.05, 3.63) is 83.9 Å². The Morgan fingerprint density at radius 1 is 0.914 bits per heavy atom. The Labute approximate surface area is 210 Å². The molecule has 1 aliphatic carbocycles. The number of nitrogens with zero attached hydrogens (tertiary/aromatic N) is 1. The van der Waals surface area contributed by atoms with Gasteiger partial charge >= 0.3 is 0 Å². The molecule has 0 bridgehead atoms. The third-order valence-corrected chi connectivity index (χ3v) is 7.06. The number of carbonyl (C=O) groups is 1. The SMILES string of the molecule is CNc1ccc(-c2ccc(CN(C(=O)C3CCCCC3)c3cccc(CCCOC)c3)cc2)cc1. The smallest absolute Gasteiger partial charge is 0.230 e. The zero-order chi connectivity index (χ0) is 24.5. The lowest BCUT2D eigenvalue weighted by atomic mass is 9.88. The minimum Gasteiger partial charge on any atom is -0.388 e. The van der Waals surface area contributed by atoms with Crippen LogP contribution < -0.4 is 10.2 Å². The summed E-state index contributed by atoms with van der Waals surface area (Å²) in [5, 5.41) is 3.16. The predicted molar refractivity (Wildman–Crippen MR) is 146 cm³/mol. The molecule has 0 atom stereocenters. The zero-order valence-corrected chi connectivity index (χ0v) is 21.1. The van der Waals surface area contributed by atoms with Crippen molar-refractivity contribution >= 4 is 17.3 Å². The number of ether oxygens (including phenoxy) is 1. The van der Waals surface area contributed by atoms with E-state index in [1.54, 1.807) is 7.11 Å². The Morgan fingerprint density at radius 3 is 2.26 bits per heavy atom. The molecule has 1 aliphatic rings. The molecule has 0 spiro atoms. The molecule has 4 nitrogen and oxygen atoms in total. The number of anilines is 2. The molecule has 3 aromatic rings. The van der Waals surface area contributed by atoms with E-state index in [0.29, 0.717) is 6.54 Å². The maximum absolute atomic E-state index is 13.7. The van der Waals surface area contributed by atoms with E-state index in [1.165, 1.54) is 23.1 Å². The van der Waals surface area contributed by atoms with Gasteiger partial charge in [-0.2, -0.15) is 0 Å². The third kappa shape index (κ3) is 6.73. The lowest BCUT2D eigenvalue weighted by molar-refractivity contribution is -0.123. The summed E-state index contributed by atoms with van der Waals surface area (Å²) in [5.74, 6) is 0.399. The Bertz CT molecular complexity index is 1070. The van der Waals surface area contributed by atoms with Gasteiger partial charge in [-0.25, -0.2) is 0 Å². The number of aryl methyl sites for hydroxylation is 1. The first-order valence-corrected chi connectivity index (χ1v) is 12.9. The number of carbonyl (C=O) groups excluding carboxylic acids is 1. The summed E-state index contributed by atoms with van der Waals surface area (Å²) in [5.41, 5.74) is 6.88. The summed E-state index contributed by atoms with van der Waals surface area (Å²) in [6, 6.07) is 25.6. The molecule has 0 heterocycles. The first-order valence-electron chi connectivity index (χ1n) is 12.9. The molecule has 0 aliphatic heterocycles. The Hall–Kier alpha value is -3.11. The van der Waals surface area contributed by atoms with Gasteiger partial charge in [-0.1, -0.05) is 67.8 Å². The maximum Gasteiger partial charge on any atom is 0.230 e. The number of benzene rings is 3. The highest BCUT2D eigenvalue weighted by atomic mass is 16.5. The number of hydrogen-bond donors (Lipinski definition) is 1. The summed E-state index contributed by atoms with van der Waals surface area (Å²) in [6.07, 6.45) is 7.50. The van der Waals surface area contributed by atoms with Gasteiger partial charge in [-0.15, -0.1) is 0 Å². The van der Waals surface area contributed by atoms with Crippen LogP contribution in [0.1, 0.15) is 49.7 Å². The summed E-state index contributed by atoms with van der Waals surface area (Å²) in [7, 11) is 3.67. The van der Waals surface area contributed by atoms with E-state index in [2.05, 4.69) is 78.1 Å². The lowest BCUT2D eigenvalue weighted by Gasteiger charge is -2.30. The van der Waals surface area contributed by atoms with Gasteiger partial charge in [0.1, 0.15) is 0 Å². The van der Waals surface area contributed by atoms with E-state index in [4.69, 9.17) is 4.74 Å². The lowest BCUT2D eigenvalue weighted by Crippen LogP contribution is -2.36. The topological polar surface area (TPSA) is 41.6 Å². The third-order valence-electron chi connectivity index (χ3n) is 7.06. The molecule has 184 valence electrons. The van der Waals surface area contributed by atoms with Crippen LogP contribution in [0.4, 0.5) is 11.4 Å². The van der Waals surface area contributed by atoms with Gasteiger partial charge in [0.05, 0.1) is 6.54 Å². The molecule has 3 aromatic carbocycles. The van der Waals surface area contributed by atoms with Gasteiger partial charge in [0.25, 0.3) is 0 Å². The van der Waals surface area contributed by atoms with Crippen molar-refractivity contribution < 1.29 is 9.53 Å². The van der Waals surface area contributed by atoms with Crippen LogP contribution in [0.5, 0.6) is 0 Å². The fourth-order valence-corrected chi connectivity index (χ4v) is 4.98. The van der Waals surface area contributed by atoms with E-state index >= 15 is 0 Å². The van der Waals surface area contributed by atoms with Gasteiger partial charge in [-0.05, 0) is 72.2 Å². The predicted octanol–water partition coefficient (Wildman–Crippen LogP) is 7.09. The first-order chi connectivity index (χ1) is 17.2. The van der Waals surface area contributed by atoms with Crippen molar-refractivity contribution in [2.24, 2.45) is 5.92 Å². The van der Waals surface area contributed by atoms with Crippen LogP contribution in [0.2, 0.25) is 0 Å². The summed E-state index contributed by atoms with van der Waals surface area (Å²) >= 11 is 0. The van der Waals surface area contributed by atoms with E-state index in [0.717, 1.165) is 62.1 Å². The molecule has 0 aromatic heterocycles. The Morgan fingerprint density at radius 2 is 1.60 bits per heavy atom. The molecule has 1 amide bonds. The highest BCUT2D eigenvalue weighted by Gasteiger charge is 2.27. The quantitative estimate of drug-likeness (QED) is 0.322. The second-order valence-electron chi connectivity index (χ2n) is 9.55. The van der Waals surface area contributed by atoms with Crippen molar-refractivity contribution in [3.8, 4) is 11.1 Å². The zero-order valence-electron chi connectivity index (χ0n) is 21.1. The van der Waals surface area contributed by atoms with Crippen LogP contribution in [0.3, 0.4) is 0 Å². The number of amides is 1. The molecular weight excluding hydrogens is 432 g/mol. The molecule has 4 rings (SSSR count).